The van der Waals surface area contributed by atoms with Gasteiger partial charge in [-0.2, -0.15) is 0 Å². The highest BCUT2D eigenvalue weighted by atomic mass is 16.4. The van der Waals surface area contributed by atoms with E-state index in [0.29, 0.717) is 25.6 Å². The standard InChI is InChI=1S/C13H19N5O3/c1-10(19)16-11(12(20)21)9-17-5-7-18(8-6-17)13-14-3-2-4-15-13/h2-4,11H,5-9H2,1H3,(H,16,19)(H,20,21). The molecule has 1 saturated heterocycles. The van der Waals surface area contributed by atoms with E-state index in [-0.39, 0.29) is 5.91 Å². The summed E-state index contributed by atoms with van der Waals surface area (Å²) < 4.78 is 0. The van der Waals surface area contributed by atoms with Gasteiger partial charge in [-0.05, 0) is 6.07 Å². The first kappa shape index (κ1) is 15.2. The fourth-order valence-electron chi connectivity index (χ4n) is 2.27. The van der Waals surface area contributed by atoms with Gasteiger partial charge in [0.2, 0.25) is 11.9 Å². The Bertz CT molecular complexity index is 488. The topological polar surface area (TPSA) is 98.7 Å². The summed E-state index contributed by atoms with van der Waals surface area (Å²) in [6.07, 6.45) is 3.40. The number of aromatic nitrogens is 2. The smallest absolute Gasteiger partial charge is 0.327 e. The molecule has 114 valence electrons. The molecule has 1 aromatic rings. The number of piperazine rings is 1. The SMILES string of the molecule is CC(=O)NC(CN1CCN(c2ncccn2)CC1)C(=O)O. The van der Waals surface area contributed by atoms with E-state index in [1.54, 1.807) is 18.5 Å². The molecule has 0 aromatic carbocycles. The van der Waals surface area contributed by atoms with Crippen molar-refractivity contribution < 1.29 is 14.7 Å². The molecule has 2 N–H and O–H groups in total. The molecule has 0 radical (unpaired) electrons. The molecule has 8 nitrogen and oxygen atoms in total. The van der Waals surface area contributed by atoms with Gasteiger partial charge in [0.1, 0.15) is 6.04 Å². The highest BCUT2D eigenvalue weighted by molar-refractivity contribution is 5.82. The Balaban J connectivity index is 1.86. The number of carbonyl (C=O) groups is 2. The molecule has 1 atom stereocenters. The molecule has 1 fully saturated rings. The summed E-state index contributed by atoms with van der Waals surface area (Å²) in [5, 5.41) is 11.6. The van der Waals surface area contributed by atoms with Gasteiger partial charge in [-0.1, -0.05) is 0 Å². The molecule has 1 aliphatic heterocycles. The van der Waals surface area contributed by atoms with E-state index in [1.165, 1.54) is 6.92 Å². The zero-order valence-electron chi connectivity index (χ0n) is 11.9. The minimum atomic E-state index is -1.01. The van der Waals surface area contributed by atoms with Crippen LogP contribution in [0, 0.1) is 0 Å². The Morgan fingerprint density at radius 3 is 2.43 bits per heavy atom. The van der Waals surface area contributed by atoms with E-state index in [1.807, 2.05) is 4.90 Å². The number of rotatable bonds is 5. The van der Waals surface area contributed by atoms with Crippen molar-refractivity contribution >= 4 is 17.8 Å². The number of carboxylic acid groups (broad SMARTS) is 1. The van der Waals surface area contributed by atoms with Gasteiger partial charge in [0.15, 0.2) is 0 Å². The van der Waals surface area contributed by atoms with E-state index in [2.05, 4.69) is 20.2 Å². The second-order valence-corrected chi connectivity index (χ2v) is 4.93. The zero-order chi connectivity index (χ0) is 15.2. The summed E-state index contributed by atoms with van der Waals surface area (Å²) >= 11 is 0. The van der Waals surface area contributed by atoms with Gasteiger partial charge in [0.25, 0.3) is 0 Å². The predicted octanol–water partition coefficient (Wildman–Crippen LogP) is -0.812. The number of nitrogens with one attached hydrogen (secondary N) is 1. The van der Waals surface area contributed by atoms with Crippen molar-refractivity contribution in [1.82, 2.24) is 20.2 Å². The van der Waals surface area contributed by atoms with Gasteiger partial charge < -0.3 is 15.3 Å². The average Bonchev–Trinajstić information content (AvgIpc) is 2.48. The minimum Gasteiger partial charge on any atom is -0.480 e. The highest BCUT2D eigenvalue weighted by Crippen LogP contribution is 2.09. The van der Waals surface area contributed by atoms with E-state index in [0.717, 1.165) is 13.1 Å². The Labute approximate surface area is 122 Å². The van der Waals surface area contributed by atoms with Crippen molar-refractivity contribution in [2.24, 2.45) is 0 Å². The molecule has 0 saturated carbocycles. The van der Waals surface area contributed by atoms with Crippen LogP contribution in [0.5, 0.6) is 0 Å². The van der Waals surface area contributed by atoms with Crippen LogP contribution in [0.1, 0.15) is 6.92 Å². The third-order valence-electron chi connectivity index (χ3n) is 3.32. The maximum absolute atomic E-state index is 11.1. The molecular formula is C13H19N5O3. The number of carbonyl (C=O) groups excluding carboxylic acids is 1. The summed E-state index contributed by atoms with van der Waals surface area (Å²) in [7, 11) is 0. The fraction of sp³-hybridized carbons (Fsp3) is 0.538. The van der Waals surface area contributed by atoms with Crippen LogP contribution >= 0.6 is 0 Å². The van der Waals surface area contributed by atoms with E-state index in [4.69, 9.17) is 5.11 Å². The van der Waals surface area contributed by atoms with Crippen molar-refractivity contribution in [2.45, 2.75) is 13.0 Å². The normalized spacial score (nSPS) is 17.3. The summed E-state index contributed by atoms with van der Waals surface area (Å²) in [6, 6.07) is 0.895. The highest BCUT2D eigenvalue weighted by Gasteiger charge is 2.25. The lowest BCUT2D eigenvalue weighted by Crippen LogP contribution is -2.53. The second kappa shape index (κ2) is 6.98. The molecule has 0 aliphatic carbocycles. The average molecular weight is 293 g/mol. The summed E-state index contributed by atoms with van der Waals surface area (Å²) in [5.74, 6) is -0.661. The minimum absolute atomic E-state index is 0.304. The lowest BCUT2D eigenvalue weighted by atomic mass is 10.2. The van der Waals surface area contributed by atoms with Crippen LogP contribution < -0.4 is 10.2 Å². The third-order valence-corrected chi connectivity index (χ3v) is 3.32. The molecule has 8 heteroatoms. The van der Waals surface area contributed by atoms with Crippen LogP contribution in [0.2, 0.25) is 0 Å². The molecule has 2 rings (SSSR count). The van der Waals surface area contributed by atoms with Crippen LogP contribution in [0.4, 0.5) is 5.95 Å². The van der Waals surface area contributed by atoms with Gasteiger partial charge in [-0.3, -0.25) is 9.69 Å². The van der Waals surface area contributed by atoms with Crippen molar-refractivity contribution in [3.8, 4) is 0 Å². The first-order valence-electron chi connectivity index (χ1n) is 6.80. The summed E-state index contributed by atoms with van der Waals surface area (Å²) in [6.45, 7) is 4.51. The molecule has 21 heavy (non-hydrogen) atoms. The predicted molar refractivity (Wildman–Crippen MR) is 75.9 cm³/mol. The van der Waals surface area contributed by atoms with Gasteiger partial charge in [0.05, 0.1) is 0 Å². The quantitative estimate of drug-likeness (QED) is 0.732. The molecular weight excluding hydrogens is 274 g/mol. The van der Waals surface area contributed by atoms with Crippen LogP contribution in [-0.2, 0) is 9.59 Å². The van der Waals surface area contributed by atoms with Gasteiger partial charge in [0, 0.05) is 52.0 Å². The number of nitrogens with zero attached hydrogens (tertiary/aromatic N) is 4. The van der Waals surface area contributed by atoms with Crippen LogP contribution in [-0.4, -0.2) is 70.6 Å². The maximum Gasteiger partial charge on any atom is 0.327 e. The molecule has 2 heterocycles. The third kappa shape index (κ3) is 4.38. The van der Waals surface area contributed by atoms with E-state index < -0.39 is 12.0 Å². The number of carboxylic acids is 1. The van der Waals surface area contributed by atoms with Gasteiger partial charge >= 0.3 is 5.97 Å². The Morgan fingerprint density at radius 1 is 1.29 bits per heavy atom. The second-order valence-electron chi connectivity index (χ2n) is 4.93. The lowest BCUT2D eigenvalue weighted by Gasteiger charge is -2.35. The lowest BCUT2D eigenvalue weighted by molar-refractivity contribution is -0.142. The summed E-state index contributed by atoms with van der Waals surface area (Å²) in [5.41, 5.74) is 0. The largest absolute Gasteiger partial charge is 0.480 e. The molecule has 1 aliphatic rings. The Kier molecular flexibility index (Phi) is 5.04. The first-order chi connectivity index (χ1) is 10.1. The summed E-state index contributed by atoms with van der Waals surface area (Å²) in [4.78, 5) is 34.6. The zero-order valence-corrected chi connectivity index (χ0v) is 11.9. The Morgan fingerprint density at radius 2 is 1.90 bits per heavy atom. The molecule has 1 aromatic heterocycles. The number of hydrogen-bond donors (Lipinski definition) is 2. The van der Waals surface area contributed by atoms with Crippen molar-refractivity contribution in [3.05, 3.63) is 18.5 Å². The number of anilines is 1. The van der Waals surface area contributed by atoms with E-state index >= 15 is 0 Å². The van der Waals surface area contributed by atoms with Crippen molar-refractivity contribution in [2.75, 3.05) is 37.6 Å². The van der Waals surface area contributed by atoms with Gasteiger partial charge in [-0.15, -0.1) is 0 Å². The molecule has 0 spiro atoms. The molecule has 1 amide bonds. The number of amides is 1. The molecule has 0 bridgehead atoms. The number of hydrogen-bond acceptors (Lipinski definition) is 6. The monoisotopic (exact) mass is 293 g/mol. The fourth-order valence-corrected chi connectivity index (χ4v) is 2.27. The van der Waals surface area contributed by atoms with Gasteiger partial charge in [-0.25, -0.2) is 14.8 Å². The van der Waals surface area contributed by atoms with Crippen molar-refractivity contribution in [1.29, 1.82) is 0 Å². The Hall–Kier alpha value is -2.22. The maximum atomic E-state index is 11.1. The molecule has 1 unspecified atom stereocenters. The number of aliphatic carboxylic acids is 1. The van der Waals surface area contributed by atoms with E-state index in [9.17, 15) is 9.59 Å². The van der Waals surface area contributed by atoms with Crippen molar-refractivity contribution in [3.63, 3.8) is 0 Å². The van der Waals surface area contributed by atoms with Crippen LogP contribution in [0.15, 0.2) is 18.5 Å². The van der Waals surface area contributed by atoms with Crippen LogP contribution in [0.3, 0.4) is 0 Å². The first-order valence-corrected chi connectivity index (χ1v) is 6.80. The van der Waals surface area contributed by atoms with Crippen LogP contribution in [0.25, 0.3) is 0 Å².